The van der Waals surface area contributed by atoms with Crippen LogP contribution in [-0.4, -0.2) is 20.7 Å². The van der Waals surface area contributed by atoms with E-state index in [0.29, 0.717) is 5.56 Å². The van der Waals surface area contributed by atoms with Gasteiger partial charge in [0.1, 0.15) is 12.7 Å². The van der Waals surface area contributed by atoms with Gasteiger partial charge in [-0.25, -0.2) is 0 Å². The summed E-state index contributed by atoms with van der Waals surface area (Å²) in [5, 5.41) is 10.4. The van der Waals surface area contributed by atoms with Gasteiger partial charge < -0.3 is 5.32 Å². The molecular weight excluding hydrogens is 332 g/mol. The van der Waals surface area contributed by atoms with E-state index in [4.69, 9.17) is 0 Å². The van der Waals surface area contributed by atoms with Gasteiger partial charge in [-0.2, -0.15) is 0 Å². The Morgan fingerprint density at radius 1 is 1.05 bits per heavy atom. The van der Waals surface area contributed by atoms with Crippen molar-refractivity contribution in [3.05, 3.63) is 71.2 Å². The van der Waals surface area contributed by atoms with Gasteiger partial charge in [0.2, 0.25) is 0 Å². The SMILES string of the molecule is O=C(Nc1ccccc1)c1cc(-n2cnnc2)ccc1Br. The van der Waals surface area contributed by atoms with Crippen LogP contribution in [0.25, 0.3) is 5.69 Å². The van der Waals surface area contributed by atoms with Gasteiger partial charge in [-0.15, -0.1) is 10.2 Å². The van der Waals surface area contributed by atoms with E-state index in [1.165, 1.54) is 0 Å². The van der Waals surface area contributed by atoms with E-state index in [9.17, 15) is 4.79 Å². The van der Waals surface area contributed by atoms with Gasteiger partial charge in [0.15, 0.2) is 0 Å². The molecule has 1 amide bonds. The van der Waals surface area contributed by atoms with Crippen LogP contribution in [0.3, 0.4) is 0 Å². The topological polar surface area (TPSA) is 59.8 Å². The van der Waals surface area contributed by atoms with Crippen LogP contribution in [0.1, 0.15) is 10.4 Å². The average Bonchev–Trinajstić information content (AvgIpc) is 3.03. The van der Waals surface area contributed by atoms with Gasteiger partial charge in [0.25, 0.3) is 5.91 Å². The summed E-state index contributed by atoms with van der Waals surface area (Å²) in [6.07, 6.45) is 3.17. The van der Waals surface area contributed by atoms with Crippen LogP contribution < -0.4 is 5.32 Å². The molecular formula is C15H11BrN4O. The minimum atomic E-state index is -0.178. The van der Waals surface area contributed by atoms with Crippen molar-refractivity contribution in [2.75, 3.05) is 5.32 Å². The van der Waals surface area contributed by atoms with Crippen molar-refractivity contribution in [1.82, 2.24) is 14.8 Å². The fourth-order valence-electron chi connectivity index (χ4n) is 1.90. The van der Waals surface area contributed by atoms with Crippen LogP contribution in [0.15, 0.2) is 65.7 Å². The van der Waals surface area contributed by atoms with E-state index in [1.54, 1.807) is 23.3 Å². The number of amides is 1. The highest BCUT2D eigenvalue weighted by molar-refractivity contribution is 9.10. The molecule has 1 N–H and O–H groups in total. The molecule has 1 heterocycles. The molecule has 0 bridgehead atoms. The van der Waals surface area contributed by atoms with Crippen LogP contribution in [0.2, 0.25) is 0 Å². The second-order valence-corrected chi connectivity index (χ2v) is 5.21. The Kier molecular flexibility index (Phi) is 3.79. The normalized spacial score (nSPS) is 10.3. The molecule has 0 spiro atoms. The second-order valence-electron chi connectivity index (χ2n) is 4.35. The Morgan fingerprint density at radius 3 is 2.48 bits per heavy atom. The lowest BCUT2D eigenvalue weighted by molar-refractivity contribution is 0.102. The number of anilines is 1. The first-order valence-electron chi connectivity index (χ1n) is 6.25. The van der Waals surface area contributed by atoms with Crippen molar-refractivity contribution in [3.8, 4) is 5.69 Å². The molecule has 0 radical (unpaired) electrons. The zero-order chi connectivity index (χ0) is 14.7. The number of rotatable bonds is 3. The number of nitrogens with zero attached hydrogens (tertiary/aromatic N) is 3. The summed E-state index contributed by atoms with van der Waals surface area (Å²) < 4.78 is 2.47. The molecule has 0 aliphatic rings. The lowest BCUT2D eigenvalue weighted by Gasteiger charge is -2.09. The molecule has 0 aliphatic carbocycles. The molecule has 0 saturated carbocycles. The summed E-state index contributed by atoms with van der Waals surface area (Å²) in [5.41, 5.74) is 2.12. The molecule has 1 aromatic heterocycles. The Morgan fingerprint density at radius 2 is 1.76 bits per heavy atom. The summed E-state index contributed by atoms with van der Waals surface area (Å²) in [6.45, 7) is 0. The Balaban J connectivity index is 1.91. The first-order valence-corrected chi connectivity index (χ1v) is 7.04. The third-order valence-corrected chi connectivity index (χ3v) is 3.63. The van der Waals surface area contributed by atoms with E-state index >= 15 is 0 Å². The molecule has 5 nitrogen and oxygen atoms in total. The van der Waals surface area contributed by atoms with Crippen LogP contribution in [0.4, 0.5) is 5.69 Å². The maximum atomic E-state index is 12.4. The Labute approximate surface area is 129 Å². The Bertz CT molecular complexity index is 757. The number of hydrogen-bond acceptors (Lipinski definition) is 3. The number of nitrogens with one attached hydrogen (secondary N) is 1. The molecule has 3 aromatic rings. The predicted octanol–water partition coefficient (Wildman–Crippen LogP) is 3.28. The van der Waals surface area contributed by atoms with Gasteiger partial charge in [-0.05, 0) is 46.3 Å². The number of halogens is 1. The number of hydrogen-bond donors (Lipinski definition) is 1. The molecule has 0 atom stereocenters. The molecule has 0 fully saturated rings. The van der Waals surface area contributed by atoms with E-state index in [-0.39, 0.29) is 5.91 Å². The maximum absolute atomic E-state index is 12.4. The van der Waals surface area contributed by atoms with E-state index in [0.717, 1.165) is 15.8 Å². The van der Waals surface area contributed by atoms with Crippen molar-refractivity contribution in [2.45, 2.75) is 0 Å². The highest BCUT2D eigenvalue weighted by Gasteiger charge is 2.12. The van der Waals surface area contributed by atoms with Crippen LogP contribution in [-0.2, 0) is 0 Å². The zero-order valence-corrected chi connectivity index (χ0v) is 12.5. The largest absolute Gasteiger partial charge is 0.322 e. The van der Waals surface area contributed by atoms with E-state index < -0.39 is 0 Å². The molecule has 3 rings (SSSR count). The number of para-hydroxylation sites is 1. The monoisotopic (exact) mass is 342 g/mol. The minimum Gasteiger partial charge on any atom is -0.322 e. The first kappa shape index (κ1) is 13.5. The fourth-order valence-corrected chi connectivity index (χ4v) is 2.33. The van der Waals surface area contributed by atoms with Gasteiger partial charge in [0.05, 0.1) is 5.56 Å². The molecule has 0 aliphatic heterocycles. The van der Waals surface area contributed by atoms with Gasteiger partial charge >= 0.3 is 0 Å². The van der Waals surface area contributed by atoms with Crippen molar-refractivity contribution < 1.29 is 4.79 Å². The quantitative estimate of drug-likeness (QED) is 0.794. The van der Waals surface area contributed by atoms with Gasteiger partial charge in [0, 0.05) is 15.8 Å². The molecule has 104 valence electrons. The first-order chi connectivity index (χ1) is 10.2. The van der Waals surface area contributed by atoms with Crippen molar-refractivity contribution in [1.29, 1.82) is 0 Å². The second kappa shape index (κ2) is 5.88. The number of benzene rings is 2. The highest BCUT2D eigenvalue weighted by atomic mass is 79.9. The number of aromatic nitrogens is 3. The standard InChI is InChI=1S/C15H11BrN4O/c16-14-7-6-12(20-9-17-18-10-20)8-13(14)15(21)19-11-4-2-1-3-5-11/h1-10H,(H,19,21). The Hall–Kier alpha value is -2.47. The van der Waals surface area contributed by atoms with Gasteiger partial charge in [-0.3, -0.25) is 9.36 Å². The minimum absolute atomic E-state index is 0.178. The van der Waals surface area contributed by atoms with E-state index in [2.05, 4.69) is 31.4 Å². The summed E-state index contributed by atoms with van der Waals surface area (Å²) in [4.78, 5) is 12.4. The van der Waals surface area contributed by atoms with Crippen molar-refractivity contribution in [3.63, 3.8) is 0 Å². The molecule has 0 unspecified atom stereocenters. The molecule has 0 saturated heterocycles. The molecule has 2 aromatic carbocycles. The van der Waals surface area contributed by atoms with Crippen LogP contribution in [0.5, 0.6) is 0 Å². The van der Waals surface area contributed by atoms with Crippen LogP contribution in [0, 0.1) is 0 Å². The summed E-state index contributed by atoms with van der Waals surface area (Å²) in [5.74, 6) is -0.178. The lowest BCUT2D eigenvalue weighted by Crippen LogP contribution is -2.13. The predicted molar refractivity (Wildman–Crippen MR) is 83.5 cm³/mol. The van der Waals surface area contributed by atoms with Crippen molar-refractivity contribution in [2.24, 2.45) is 0 Å². The third kappa shape index (κ3) is 3.00. The zero-order valence-electron chi connectivity index (χ0n) is 10.9. The summed E-state index contributed by atoms with van der Waals surface area (Å²) in [7, 11) is 0. The molecule has 21 heavy (non-hydrogen) atoms. The highest BCUT2D eigenvalue weighted by Crippen LogP contribution is 2.21. The molecule has 6 heteroatoms. The number of carbonyl (C=O) groups excluding carboxylic acids is 1. The smallest absolute Gasteiger partial charge is 0.256 e. The summed E-state index contributed by atoms with van der Waals surface area (Å²) in [6, 6.07) is 14.8. The van der Waals surface area contributed by atoms with E-state index in [1.807, 2.05) is 42.5 Å². The number of carbonyl (C=O) groups is 1. The van der Waals surface area contributed by atoms with Gasteiger partial charge in [-0.1, -0.05) is 18.2 Å². The summed E-state index contributed by atoms with van der Waals surface area (Å²) >= 11 is 3.41. The maximum Gasteiger partial charge on any atom is 0.256 e. The lowest BCUT2D eigenvalue weighted by atomic mass is 10.2. The van der Waals surface area contributed by atoms with Crippen LogP contribution >= 0.6 is 15.9 Å². The average molecular weight is 343 g/mol. The van der Waals surface area contributed by atoms with Crippen molar-refractivity contribution >= 4 is 27.5 Å². The third-order valence-electron chi connectivity index (χ3n) is 2.94. The fraction of sp³-hybridized carbons (Fsp3) is 0.